The highest BCUT2D eigenvalue weighted by atomic mass is 16.5. The topological polar surface area (TPSA) is 72.6 Å². The molecule has 0 bridgehead atoms. The fourth-order valence-corrected chi connectivity index (χ4v) is 3.79. The van der Waals surface area contributed by atoms with Crippen LogP contribution in [0.4, 0.5) is 5.69 Å². The van der Waals surface area contributed by atoms with E-state index in [1.54, 1.807) is 11.0 Å². The van der Waals surface area contributed by atoms with E-state index in [0.29, 0.717) is 17.9 Å². The van der Waals surface area contributed by atoms with E-state index in [9.17, 15) is 9.59 Å². The molecule has 1 aliphatic heterocycles. The molecule has 2 aliphatic rings. The zero-order chi connectivity index (χ0) is 18.1. The summed E-state index contributed by atoms with van der Waals surface area (Å²) >= 11 is 0. The van der Waals surface area contributed by atoms with Gasteiger partial charge in [0.05, 0.1) is 18.7 Å². The molecule has 0 saturated heterocycles. The van der Waals surface area contributed by atoms with E-state index in [1.807, 2.05) is 24.3 Å². The highest BCUT2D eigenvalue weighted by Gasteiger charge is 2.32. The maximum atomic E-state index is 13.0. The summed E-state index contributed by atoms with van der Waals surface area (Å²) in [6.07, 6.45) is 4.14. The molecule has 1 aliphatic carbocycles. The van der Waals surface area contributed by atoms with Crippen LogP contribution in [0.25, 0.3) is 0 Å². The third-order valence-corrected chi connectivity index (χ3v) is 5.16. The molecule has 0 fully saturated rings. The first-order valence-electron chi connectivity index (χ1n) is 9.08. The van der Waals surface area contributed by atoms with Crippen LogP contribution in [0.2, 0.25) is 0 Å². The third kappa shape index (κ3) is 3.17. The van der Waals surface area contributed by atoms with Gasteiger partial charge in [0.25, 0.3) is 5.91 Å². The first-order valence-corrected chi connectivity index (χ1v) is 9.08. The van der Waals surface area contributed by atoms with Gasteiger partial charge in [-0.25, -0.2) is 0 Å². The largest absolute Gasteiger partial charge is 0.477 e. The summed E-state index contributed by atoms with van der Waals surface area (Å²) in [5, 5.41) is 0. The van der Waals surface area contributed by atoms with Crippen LogP contribution in [0, 0.1) is 0 Å². The van der Waals surface area contributed by atoms with Crippen LogP contribution in [-0.4, -0.2) is 24.5 Å². The number of fused-ring (bicyclic) bond motifs is 2. The van der Waals surface area contributed by atoms with Crippen LogP contribution < -0.4 is 15.4 Å². The fraction of sp³-hybridized carbons (Fsp3) is 0.333. The fourth-order valence-electron chi connectivity index (χ4n) is 3.79. The second-order valence-corrected chi connectivity index (χ2v) is 6.97. The number of ether oxygens (including phenoxy) is 1. The molecule has 4 rings (SSSR count). The number of para-hydroxylation sites is 2. The van der Waals surface area contributed by atoms with Crippen molar-refractivity contribution in [2.24, 2.45) is 5.73 Å². The van der Waals surface area contributed by atoms with Gasteiger partial charge < -0.3 is 15.4 Å². The average molecular weight is 350 g/mol. The molecule has 1 heterocycles. The van der Waals surface area contributed by atoms with Gasteiger partial charge in [-0.3, -0.25) is 9.59 Å². The molecule has 26 heavy (non-hydrogen) atoms. The van der Waals surface area contributed by atoms with Crippen LogP contribution in [0.15, 0.2) is 42.5 Å². The molecule has 0 aromatic heterocycles. The SMILES string of the molecule is NC(=O)[C@H]1CN(C(=O)Cc2ccc3c(c2)CCCC3)c2ccccc2O1. The molecule has 2 N–H and O–H groups in total. The zero-order valence-electron chi connectivity index (χ0n) is 14.6. The Morgan fingerprint density at radius 1 is 1.08 bits per heavy atom. The van der Waals surface area contributed by atoms with Crippen LogP contribution in [-0.2, 0) is 28.9 Å². The lowest BCUT2D eigenvalue weighted by molar-refractivity contribution is -0.125. The Morgan fingerprint density at radius 3 is 2.65 bits per heavy atom. The minimum Gasteiger partial charge on any atom is -0.477 e. The molecule has 134 valence electrons. The third-order valence-electron chi connectivity index (χ3n) is 5.16. The van der Waals surface area contributed by atoms with E-state index in [4.69, 9.17) is 10.5 Å². The lowest BCUT2D eigenvalue weighted by Gasteiger charge is -2.33. The van der Waals surface area contributed by atoms with Crippen LogP contribution >= 0.6 is 0 Å². The Hall–Kier alpha value is -2.82. The first-order chi connectivity index (χ1) is 12.6. The minimum absolute atomic E-state index is 0.0530. The Balaban J connectivity index is 1.58. The van der Waals surface area contributed by atoms with E-state index < -0.39 is 12.0 Å². The molecule has 0 spiro atoms. The smallest absolute Gasteiger partial charge is 0.260 e. The van der Waals surface area contributed by atoms with Gasteiger partial charge >= 0.3 is 0 Å². The van der Waals surface area contributed by atoms with Crippen molar-refractivity contribution in [2.75, 3.05) is 11.4 Å². The Morgan fingerprint density at radius 2 is 1.85 bits per heavy atom. The number of rotatable bonds is 3. The maximum absolute atomic E-state index is 13.0. The van der Waals surface area contributed by atoms with Crippen molar-refractivity contribution in [3.63, 3.8) is 0 Å². The molecule has 0 saturated carbocycles. The zero-order valence-corrected chi connectivity index (χ0v) is 14.6. The summed E-state index contributed by atoms with van der Waals surface area (Å²) in [7, 11) is 0. The lowest BCUT2D eigenvalue weighted by atomic mass is 9.90. The molecular weight excluding hydrogens is 328 g/mol. The number of benzene rings is 2. The van der Waals surface area contributed by atoms with E-state index in [1.165, 1.54) is 24.0 Å². The Labute approximate surface area is 152 Å². The predicted molar refractivity (Wildman–Crippen MR) is 99.2 cm³/mol. The Bertz CT molecular complexity index is 862. The molecule has 2 aromatic carbocycles. The van der Waals surface area contributed by atoms with Gasteiger partial charge in [0.15, 0.2) is 6.10 Å². The molecule has 0 unspecified atom stereocenters. The van der Waals surface area contributed by atoms with Gasteiger partial charge in [0.2, 0.25) is 5.91 Å². The minimum atomic E-state index is -0.822. The van der Waals surface area contributed by atoms with E-state index in [-0.39, 0.29) is 12.5 Å². The van der Waals surface area contributed by atoms with Crippen molar-refractivity contribution in [3.8, 4) is 5.75 Å². The van der Waals surface area contributed by atoms with Crippen LogP contribution in [0.1, 0.15) is 29.5 Å². The summed E-state index contributed by atoms with van der Waals surface area (Å²) in [6, 6.07) is 13.6. The monoisotopic (exact) mass is 350 g/mol. The average Bonchev–Trinajstić information content (AvgIpc) is 2.67. The summed E-state index contributed by atoms with van der Waals surface area (Å²) in [5.74, 6) is -0.102. The number of nitrogens with two attached hydrogens (primary N) is 1. The molecule has 5 heteroatoms. The number of aryl methyl sites for hydroxylation is 2. The van der Waals surface area contributed by atoms with Crippen molar-refractivity contribution in [1.29, 1.82) is 0 Å². The van der Waals surface area contributed by atoms with E-state index in [0.717, 1.165) is 18.4 Å². The second kappa shape index (κ2) is 6.83. The van der Waals surface area contributed by atoms with Crippen molar-refractivity contribution in [3.05, 3.63) is 59.2 Å². The van der Waals surface area contributed by atoms with Gasteiger partial charge in [-0.1, -0.05) is 30.3 Å². The van der Waals surface area contributed by atoms with Crippen molar-refractivity contribution < 1.29 is 14.3 Å². The van der Waals surface area contributed by atoms with E-state index >= 15 is 0 Å². The Kier molecular flexibility index (Phi) is 4.37. The lowest BCUT2D eigenvalue weighted by Crippen LogP contribution is -2.49. The van der Waals surface area contributed by atoms with Crippen molar-refractivity contribution >= 4 is 17.5 Å². The summed E-state index contributed by atoms with van der Waals surface area (Å²) in [6.45, 7) is 0.149. The summed E-state index contributed by atoms with van der Waals surface area (Å²) < 4.78 is 5.63. The quantitative estimate of drug-likeness (QED) is 0.924. The number of anilines is 1. The summed E-state index contributed by atoms with van der Waals surface area (Å²) in [5.41, 5.74) is 9.87. The van der Waals surface area contributed by atoms with E-state index in [2.05, 4.69) is 12.1 Å². The van der Waals surface area contributed by atoms with Gasteiger partial charge in [0.1, 0.15) is 5.75 Å². The molecule has 2 amide bonds. The molecule has 0 radical (unpaired) electrons. The van der Waals surface area contributed by atoms with Gasteiger partial charge in [-0.15, -0.1) is 0 Å². The first kappa shape index (κ1) is 16.6. The number of hydrogen-bond acceptors (Lipinski definition) is 3. The number of nitrogens with zero attached hydrogens (tertiary/aromatic N) is 1. The second-order valence-electron chi connectivity index (χ2n) is 6.97. The molecule has 1 atom stereocenters. The van der Waals surface area contributed by atoms with Gasteiger partial charge in [0, 0.05) is 0 Å². The number of carbonyl (C=O) groups excluding carboxylic acids is 2. The molecule has 2 aromatic rings. The number of hydrogen-bond donors (Lipinski definition) is 1. The number of primary amides is 1. The van der Waals surface area contributed by atoms with Crippen molar-refractivity contribution in [2.45, 2.75) is 38.2 Å². The van der Waals surface area contributed by atoms with Crippen LogP contribution in [0.5, 0.6) is 5.75 Å². The molecular formula is C21H22N2O3. The van der Waals surface area contributed by atoms with Crippen LogP contribution in [0.3, 0.4) is 0 Å². The highest BCUT2D eigenvalue weighted by Crippen LogP contribution is 2.33. The van der Waals surface area contributed by atoms with Gasteiger partial charge in [-0.2, -0.15) is 0 Å². The number of amides is 2. The maximum Gasteiger partial charge on any atom is 0.260 e. The van der Waals surface area contributed by atoms with Crippen molar-refractivity contribution in [1.82, 2.24) is 0 Å². The standard InChI is InChI=1S/C21H22N2O3/c22-21(25)19-13-23(17-7-3-4-8-18(17)26-19)20(24)12-14-9-10-15-5-1-2-6-16(15)11-14/h3-4,7-11,19H,1-2,5-6,12-13H2,(H2,22,25)/t19-/m1/s1. The highest BCUT2D eigenvalue weighted by molar-refractivity contribution is 5.98. The number of carbonyl (C=O) groups is 2. The molecule has 5 nitrogen and oxygen atoms in total. The summed E-state index contributed by atoms with van der Waals surface area (Å²) in [4.78, 5) is 26.2. The normalized spacial score (nSPS) is 18.5. The van der Waals surface area contributed by atoms with Gasteiger partial charge in [-0.05, 0) is 54.5 Å². The predicted octanol–water partition coefficient (Wildman–Crippen LogP) is 2.39.